The molecule has 7 nitrogen and oxygen atoms in total. The molecule has 37 heavy (non-hydrogen) atoms. The van der Waals surface area contributed by atoms with Gasteiger partial charge in [0.15, 0.2) is 0 Å². The molecule has 2 saturated heterocycles. The number of benzene rings is 2. The van der Waals surface area contributed by atoms with Crippen LogP contribution in [0.3, 0.4) is 0 Å². The number of nitrogens with zero attached hydrogens (tertiary/aromatic N) is 3. The molecule has 0 saturated carbocycles. The lowest BCUT2D eigenvalue weighted by Gasteiger charge is -2.47. The number of hydrogen-bond donors (Lipinski definition) is 2. The number of phenolic OH excluding ortho intramolecular Hbond substituents is 1. The predicted molar refractivity (Wildman–Crippen MR) is 146 cm³/mol. The minimum Gasteiger partial charge on any atom is -0.508 e. The molecule has 3 aliphatic heterocycles. The predicted octanol–water partition coefficient (Wildman–Crippen LogP) is 5.01. The molecule has 0 unspecified atom stereocenters. The Morgan fingerprint density at radius 2 is 1.97 bits per heavy atom. The minimum absolute atomic E-state index is 0.107. The van der Waals surface area contributed by atoms with Gasteiger partial charge in [0.25, 0.3) is 0 Å². The Labute approximate surface area is 218 Å². The van der Waals surface area contributed by atoms with Crippen molar-refractivity contribution in [1.29, 1.82) is 0 Å². The monoisotopic (exact) mass is 500 g/mol. The number of nitrogens with one attached hydrogen (secondary N) is 1. The van der Waals surface area contributed by atoms with Crippen LogP contribution < -0.4 is 10.2 Å². The highest BCUT2D eigenvalue weighted by Crippen LogP contribution is 2.45. The zero-order chi connectivity index (χ0) is 25.9. The lowest BCUT2D eigenvalue weighted by atomic mass is 9.79. The Kier molecular flexibility index (Phi) is 5.60. The van der Waals surface area contributed by atoms with E-state index in [-0.39, 0.29) is 17.3 Å². The van der Waals surface area contributed by atoms with Crippen LogP contribution in [0.15, 0.2) is 36.4 Å². The Morgan fingerprint density at radius 3 is 2.76 bits per heavy atom. The summed E-state index contributed by atoms with van der Waals surface area (Å²) in [5.74, 6) is 1.34. The summed E-state index contributed by atoms with van der Waals surface area (Å²) < 4.78 is 5.58. The van der Waals surface area contributed by atoms with Crippen LogP contribution in [0.5, 0.6) is 5.75 Å². The first-order valence-electron chi connectivity index (χ1n) is 13.3. The first-order valence-corrected chi connectivity index (χ1v) is 13.3. The van der Waals surface area contributed by atoms with Gasteiger partial charge in [0, 0.05) is 38.1 Å². The molecule has 0 radical (unpaired) electrons. The van der Waals surface area contributed by atoms with Gasteiger partial charge in [0.1, 0.15) is 17.2 Å². The number of carbonyl (C=O) groups is 1. The van der Waals surface area contributed by atoms with Crippen LogP contribution >= 0.6 is 0 Å². The van der Waals surface area contributed by atoms with Crippen molar-refractivity contribution in [2.45, 2.75) is 52.7 Å². The number of fused-ring (bicyclic) bond motifs is 2. The number of hydrogen-bond acceptors (Lipinski definition) is 6. The van der Waals surface area contributed by atoms with Gasteiger partial charge >= 0.3 is 6.09 Å². The van der Waals surface area contributed by atoms with Gasteiger partial charge in [-0.2, -0.15) is 0 Å². The number of rotatable bonds is 2. The molecule has 3 aromatic rings. The number of amides is 1. The standard InChI is InChI=1S/C30H36N4O3/c1-19-26(23-7-5-6-20-14-21(35)8-9-22(20)23)24-10-12-31-15-25(24)32-27(19)33-13-11-30(16-33)17-34(18-30)28(36)37-29(2,3)4/h5-9,14,31,35H,10-13,15-18H2,1-4H3. The van der Waals surface area contributed by atoms with E-state index in [4.69, 9.17) is 9.72 Å². The molecule has 2 aromatic carbocycles. The first kappa shape index (κ1) is 24.0. The van der Waals surface area contributed by atoms with Crippen molar-refractivity contribution < 1.29 is 14.6 Å². The Hall–Kier alpha value is -3.32. The largest absolute Gasteiger partial charge is 0.508 e. The lowest BCUT2D eigenvalue weighted by Crippen LogP contribution is -2.60. The average Bonchev–Trinajstić information content (AvgIpc) is 3.27. The van der Waals surface area contributed by atoms with Crippen molar-refractivity contribution in [2.75, 3.05) is 37.6 Å². The highest BCUT2D eigenvalue weighted by molar-refractivity contribution is 5.99. The highest BCUT2D eigenvalue weighted by atomic mass is 16.6. The number of aromatic nitrogens is 1. The maximum Gasteiger partial charge on any atom is 0.410 e. The fourth-order valence-electron chi connectivity index (χ4n) is 6.35. The smallest absolute Gasteiger partial charge is 0.410 e. The van der Waals surface area contributed by atoms with Crippen LogP contribution in [-0.2, 0) is 17.7 Å². The zero-order valence-corrected chi connectivity index (χ0v) is 22.2. The van der Waals surface area contributed by atoms with Crippen molar-refractivity contribution in [2.24, 2.45) is 5.41 Å². The van der Waals surface area contributed by atoms with Gasteiger partial charge in [-0.05, 0) is 92.2 Å². The van der Waals surface area contributed by atoms with Crippen molar-refractivity contribution in [3.8, 4) is 16.9 Å². The third-order valence-electron chi connectivity index (χ3n) is 8.02. The fraction of sp³-hybridized carbons (Fsp3) is 0.467. The number of anilines is 1. The highest BCUT2D eigenvalue weighted by Gasteiger charge is 2.50. The zero-order valence-electron chi connectivity index (χ0n) is 22.2. The van der Waals surface area contributed by atoms with Crippen LogP contribution in [0.1, 0.15) is 44.0 Å². The van der Waals surface area contributed by atoms with Crippen molar-refractivity contribution in [3.63, 3.8) is 0 Å². The lowest BCUT2D eigenvalue weighted by molar-refractivity contribution is -0.0266. The van der Waals surface area contributed by atoms with Crippen molar-refractivity contribution in [3.05, 3.63) is 53.2 Å². The van der Waals surface area contributed by atoms with E-state index in [2.05, 4.69) is 35.3 Å². The second-order valence-electron chi connectivity index (χ2n) is 12.0. The van der Waals surface area contributed by atoms with Crippen LogP contribution in [0.2, 0.25) is 0 Å². The fourth-order valence-corrected chi connectivity index (χ4v) is 6.35. The maximum absolute atomic E-state index is 12.5. The summed E-state index contributed by atoms with van der Waals surface area (Å²) in [6.07, 6.45) is 1.78. The van der Waals surface area contributed by atoms with E-state index in [9.17, 15) is 9.90 Å². The molecular weight excluding hydrogens is 464 g/mol. The van der Waals surface area contributed by atoms with Gasteiger partial charge in [-0.3, -0.25) is 0 Å². The Balaban J connectivity index is 1.34. The summed E-state index contributed by atoms with van der Waals surface area (Å²) in [6.45, 7) is 13.0. The SMILES string of the molecule is Cc1c(N2CCC3(CN(C(=O)OC(C)(C)C)C3)C2)nc2c(c1-c1cccc3cc(O)ccc13)CCNC2. The summed E-state index contributed by atoms with van der Waals surface area (Å²) in [5.41, 5.74) is 5.78. The molecule has 7 heteroatoms. The van der Waals surface area contributed by atoms with Gasteiger partial charge in [-0.25, -0.2) is 9.78 Å². The molecule has 0 bridgehead atoms. The number of phenols is 1. The number of ether oxygens (including phenoxy) is 1. The van der Waals surface area contributed by atoms with Gasteiger partial charge in [-0.15, -0.1) is 0 Å². The van der Waals surface area contributed by atoms with E-state index in [1.807, 2.05) is 37.8 Å². The van der Waals surface area contributed by atoms with Crippen LogP contribution in [0, 0.1) is 12.3 Å². The topological polar surface area (TPSA) is 77.9 Å². The van der Waals surface area contributed by atoms with E-state index < -0.39 is 5.60 Å². The molecular formula is C30H36N4O3. The molecule has 6 rings (SSSR count). The average molecular weight is 501 g/mol. The molecule has 1 aromatic heterocycles. The molecule has 3 aliphatic rings. The number of pyridine rings is 1. The van der Waals surface area contributed by atoms with Crippen molar-refractivity contribution >= 4 is 22.7 Å². The van der Waals surface area contributed by atoms with Crippen molar-refractivity contribution in [1.82, 2.24) is 15.2 Å². The van der Waals surface area contributed by atoms with E-state index in [1.54, 1.807) is 6.07 Å². The maximum atomic E-state index is 12.5. The first-order chi connectivity index (χ1) is 17.6. The third kappa shape index (κ3) is 4.29. The van der Waals surface area contributed by atoms with Gasteiger partial charge < -0.3 is 25.0 Å². The Bertz CT molecular complexity index is 1390. The summed E-state index contributed by atoms with van der Waals surface area (Å²) in [5, 5.41) is 15.7. The third-order valence-corrected chi connectivity index (χ3v) is 8.02. The number of likely N-dealkylation sites (tertiary alicyclic amines) is 1. The summed E-state index contributed by atoms with van der Waals surface area (Å²) in [7, 11) is 0. The summed E-state index contributed by atoms with van der Waals surface area (Å²) in [4.78, 5) is 22.0. The Morgan fingerprint density at radius 1 is 1.16 bits per heavy atom. The van der Waals surface area contributed by atoms with E-state index in [0.29, 0.717) is 0 Å². The molecule has 2 N–H and O–H groups in total. The molecule has 0 aliphatic carbocycles. The minimum atomic E-state index is -0.476. The van der Waals surface area contributed by atoms with Crippen LogP contribution in [0.25, 0.3) is 21.9 Å². The van der Waals surface area contributed by atoms with Crippen LogP contribution in [-0.4, -0.2) is 59.4 Å². The normalized spacial score (nSPS) is 18.7. The molecule has 4 heterocycles. The summed E-state index contributed by atoms with van der Waals surface area (Å²) >= 11 is 0. The quantitative estimate of drug-likeness (QED) is 0.515. The van der Waals surface area contributed by atoms with Gasteiger partial charge in [0.05, 0.1) is 5.69 Å². The molecule has 1 amide bonds. The second kappa shape index (κ2) is 8.62. The van der Waals surface area contributed by atoms with Gasteiger partial charge in [0.2, 0.25) is 0 Å². The molecule has 1 spiro atoms. The van der Waals surface area contributed by atoms with E-state index in [0.717, 1.165) is 74.4 Å². The number of aromatic hydroxyl groups is 1. The summed E-state index contributed by atoms with van der Waals surface area (Å²) in [6, 6.07) is 12.0. The van der Waals surface area contributed by atoms with E-state index >= 15 is 0 Å². The van der Waals surface area contributed by atoms with Gasteiger partial charge in [-0.1, -0.05) is 24.3 Å². The molecule has 0 atom stereocenters. The number of carbonyl (C=O) groups excluding carboxylic acids is 1. The molecule has 194 valence electrons. The second-order valence-corrected chi connectivity index (χ2v) is 12.0. The van der Waals surface area contributed by atoms with E-state index in [1.165, 1.54) is 22.3 Å². The molecule has 2 fully saturated rings. The van der Waals surface area contributed by atoms with Crippen LogP contribution in [0.4, 0.5) is 10.6 Å².